The van der Waals surface area contributed by atoms with Gasteiger partial charge in [0.15, 0.2) is 0 Å². The van der Waals surface area contributed by atoms with Crippen LogP contribution in [0.4, 0.5) is 9.59 Å². The summed E-state index contributed by atoms with van der Waals surface area (Å²) < 4.78 is 16.6. The molecule has 0 atom stereocenters. The first kappa shape index (κ1) is 27.1. The zero-order valence-corrected chi connectivity index (χ0v) is 16.0. The molecule has 2 N–H and O–H groups in total. The van der Waals surface area contributed by atoms with Gasteiger partial charge in [-0.05, 0) is 0 Å². The van der Waals surface area contributed by atoms with Crippen molar-refractivity contribution in [1.82, 2.24) is 0 Å². The van der Waals surface area contributed by atoms with Crippen molar-refractivity contribution in [3.63, 3.8) is 0 Å². The molecular formula is C8H16O8Y2. The van der Waals surface area contributed by atoms with E-state index in [9.17, 15) is 9.59 Å². The van der Waals surface area contributed by atoms with Crippen molar-refractivity contribution in [3.05, 3.63) is 0 Å². The van der Waals surface area contributed by atoms with Crippen molar-refractivity contribution in [2.75, 3.05) is 40.6 Å². The Morgan fingerprint density at radius 2 is 1.11 bits per heavy atom. The van der Waals surface area contributed by atoms with E-state index in [1.165, 1.54) is 14.2 Å². The van der Waals surface area contributed by atoms with Gasteiger partial charge in [-0.25, -0.2) is 9.59 Å². The summed E-state index contributed by atoms with van der Waals surface area (Å²) in [5.74, 6) is 0. The maximum Gasteiger partial charge on any atom is 0.508 e. The minimum Gasteiger partial charge on any atom is -0.438 e. The quantitative estimate of drug-likeness (QED) is 0.590. The molecule has 0 aromatic carbocycles. The Labute approximate surface area is 155 Å². The van der Waals surface area contributed by atoms with Gasteiger partial charge in [-0.1, -0.05) is 0 Å². The van der Waals surface area contributed by atoms with Crippen LogP contribution in [0.3, 0.4) is 0 Å². The van der Waals surface area contributed by atoms with Gasteiger partial charge in [0, 0.05) is 65.4 Å². The average molecular weight is 418 g/mol. The van der Waals surface area contributed by atoms with E-state index >= 15 is 0 Å². The molecule has 2 radical (unpaired) electrons. The summed E-state index contributed by atoms with van der Waals surface area (Å²) in [5, 5.41) is 16.2. The third kappa shape index (κ3) is 25.5. The van der Waals surface area contributed by atoms with Crippen LogP contribution in [0.15, 0.2) is 0 Å². The van der Waals surface area contributed by atoms with E-state index in [4.69, 9.17) is 10.2 Å². The zero-order chi connectivity index (χ0) is 12.8. The minimum absolute atomic E-state index is 0. The third-order valence-corrected chi connectivity index (χ3v) is 0.956. The van der Waals surface area contributed by atoms with Crippen LogP contribution in [0.25, 0.3) is 0 Å². The molecule has 0 saturated heterocycles. The first-order valence-corrected chi connectivity index (χ1v) is 4.25. The second-order valence-electron chi connectivity index (χ2n) is 2.05. The van der Waals surface area contributed by atoms with Crippen LogP contribution in [0.1, 0.15) is 0 Å². The molecule has 0 aliphatic heterocycles. The van der Waals surface area contributed by atoms with Crippen molar-refractivity contribution < 1.29 is 104 Å². The zero-order valence-electron chi connectivity index (χ0n) is 10.3. The van der Waals surface area contributed by atoms with Gasteiger partial charge in [-0.15, -0.1) is 0 Å². The summed E-state index contributed by atoms with van der Waals surface area (Å²) in [4.78, 5) is 20.0. The van der Waals surface area contributed by atoms with Gasteiger partial charge in [-0.2, -0.15) is 0 Å². The van der Waals surface area contributed by atoms with Gasteiger partial charge in [-0.3, -0.25) is 0 Å². The number of rotatable bonds is 4. The Morgan fingerprint density at radius 3 is 1.28 bits per heavy atom. The molecule has 0 saturated carbocycles. The van der Waals surface area contributed by atoms with Crippen LogP contribution in [0, 0.1) is 0 Å². The van der Waals surface area contributed by atoms with E-state index in [2.05, 4.69) is 18.9 Å². The van der Waals surface area contributed by atoms with E-state index in [-0.39, 0.29) is 91.8 Å². The van der Waals surface area contributed by atoms with Gasteiger partial charge in [0.05, 0.1) is 27.4 Å². The summed E-state index contributed by atoms with van der Waals surface area (Å²) in [6.07, 6.45) is -1.53. The number of carbonyl (C=O) groups is 2. The molecule has 18 heavy (non-hydrogen) atoms. The van der Waals surface area contributed by atoms with Crippen LogP contribution in [0.2, 0.25) is 0 Å². The molecule has 102 valence electrons. The summed E-state index contributed by atoms with van der Waals surface area (Å²) in [5.41, 5.74) is 0. The molecule has 0 aliphatic rings. The molecule has 10 heteroatoms. The molecule has 0 aliphatic carbocycles. The van der Waals surface area contributed by atoms with Crippen LogP contribution >= 0.6 is 0 Å². The molecule has 0 bridgehead atoms. The van der Waals surface area contributed by atoms with Crippen molar-refractivity contribution in [3.8, 4) is 0 Å². The smallest absolute Gasteiger partial charge is 0.438 e. The Bertz CT molecular complexity index is 170. The topological polar surface area (TPSA) is 112 Å². The van der Waals surface area contributed by atoms with Crippen molar-refractivity contribution in [1.29, 1.82) is 0 Å². The number of aliphatic hydroxyl groups excluding tert-OH is 2. The van der Waals surface area contributed by atoms with Crippen molar-refractivity contribution in [2.45, 2.75) is 0 Å². The number of methoxy groups -OCH3 is 2. The number of carbonyl (C=O) groups excluding carboxylic acids is 2. The molecule has 0 heterocycles. The first-order chi connectivity index (χ1) is 7.62. The van der Waals surface area contributed by atoms with Crippen LogP contribution in [-0.2, 0) is 84.4 Å². The van der Waals surface area contributed by atoms with Crippen molar-refractivity contribution in [2.24, 2.45) is 0 Å². The fourth-order valence-corrected chi connectivity index (χ4v) is 0.376. The van der Waals surface area contributed by atoms with E-state index in [1.807, 2.05) is 0 Å². The van der Waals surface area contributed by atoms with E-state index in [0.29, 0.717) is 0 Å². The molecule has 0 rings (SSSR count). The van der Waals surface area contributed by atoms with Gasteiger partial charge in [0.25, 0.3) is 0 Å². The summed E-state index contributed by atoms with van der Waals surface area (Å²) in [6.45, 7) is -0.358. The van der Waals surface area contributed by atoms with Crippen LogP contribution in [-0.4, -0.2) is 63.2 Å². The summed E-state index contributed by atoms with van der Waals surface area (Å²) in [7, 11) is 2.42. The fourth-order valence-electron chi connectivity index (χ4n) is 0.376. The first-order valence-electron chi connectivity index (χ1n) is 4.25. The van der Waals surface area contributed by atoms with Crippen LogP contribution in [0.5, 0.6) is 0 Å². The number of hydrogen-bond donors (Lipinski definition) is 2. The fraction of sp³-hybridized carbons (Fsp3) is 0.750. The second kappa shape index (κ2) is 22.8. The van der Waals surface area contributed by atoms with Gasteiger partial charge in [0.1, 0.15) is 13.2 Å². The van der Waals surface area contributed by atoms with Gasteiger partial charge >= 0.3 is 12.3 Å². The summed E-state index contributed by atoms with van der Waals surface area (Å²) in [6, 6.07) is 0. The van der Waals surface area contributed by atoms with Gasteiger partial charge in [0.2, 0.25) is 0 Å². The monoisotopic (exact) mass is 418 g/mol. The third-order valence-electron chi connectivity index (χ3n) is 0.956. The second-order valence-corrected chi connectivity index (χ2v) is 2.05. The predicted molar refractivity (Wildman–Crippen MR) is 50.9 cm³/mol. The van der Waals surface area contributed by atoms with E-state index < -0.39 is 12.3 Å². The maximum absolute atomic E-state index is 10.0. The average Bonchev–Trinajstić information content (AvgIpc) is 2.33. The Morgan fingerprint density at radius 1 is 0.833 bits per heavy atom. The normalized spacial score (nSPS) is 7.33. The Balaban J connectivity index is -0.0000000980. The maximum atomic E-state index is 10.0. The molecule has 0 unspecified atom stereocenters. The SMILES string of the molecule is COC(=O)OCCO.COC(=O)OCCO.[Y].[Y]. The van der Waals surface area contributed by atoms with Gasteiger partial charge < -0.3 is 29.2 Å². The molecular weight excluding hydrogens is 402 g/mol. The largest absolute Gasteiger partial charge is 0.508 e. The number of hydrogen-bond acceptors (Lipinski definition) is 8. The number of ether oxygens (including phenoxy) is 4. The molecule has 0 spiro atoms. The Kier molecular flexibility index (Phi) is 34.3. The molecule has 0 aromatic heterocycles. The van der Waals surface area contributed by atoms with Crippen LogP contribution < -0.4 is 0 Å². The Hall–Kier alpha value is 0.668. The number of aliphatic hydroxyl groups is 2. The predicted octanol–water partition coefficient (Wildman–Crippen LogP) is -0.482. The molecule has 8 nitrogen and oxygen atoms in total. The molecule has 0 fully saturated rings. The summed E-state index contributed by atoms with van der Waals surface area (Å²) >= 11 is 0. The molecule has 0 amide bonds. The standard InChI is InChI=1S/2C4H8O4.2Y/c2*1-7-4(6)8-3-2-5;;/h2*5H,2-3H2,1H3;;. The minimum atomic E-state index is -0.765. The molecule has 0 aromatic rings. The van der Waals surface area contributed by atoms with Crippen molar-refractivity contribution >= 4 is 12.3 Å². The van der Waals surface area contributed by atoms with E-state index in [0.717, 1.165) is 0 Å². The van der Waals surface area contributed by atoms with E-state index in [1.54, 1.807) is 0 Å².